The monoisotopic (exact) mass is 364 g/mol. The fourth-order valence-electron chi connectivity index (χ4n) is 2.40. The molecule has 0 bridgehead atoms. The third-order valence-corrected chi connectivity index (χ3v) is 3.56. The molecule has 3 N–H and O–H groups in total. The molecule has 0 fully saturated rings. The number of nitrogens with zero attached hydrogens (tertiary/aromatic N) is 1. The second-order valence-electron chi connectivity index (χ2n) is 5.78. The molecule has 0 aliphatic rings. The van der Waals surface area contributed by atoms with Crippen molar-refractivity contribution in [2.75, 3.05) is 16.0 Å². The van der Waals surface area contributed by atoms with Crippen LogP contribution in [0.1, 0.15) is 17.3 Å². The van der Waals surface area contributed by atoms with Crippen LogP contribution in [0.15, 0.2) is 66.9 Å². The molecule has 0 spiro atoms. The number of benzene rings is 2. The molecule has 136 valence electrons. The SMILES string of the molecule is CC(=O)Nc1cccc(Nc2ccc(NC(=O)c3cccc(F)c3)nc2)c1. The van der Waals surface area contributed by atoms with Crippen LogP contribution in [0.5, 0.6) is 0 Å². The summed E-state index contributed by atoms with van der Waals surface area (Å²) in [5.74, 6) is -0.712. The van der Waals surface area contributed by atoms with Crippen molar-refractivity contribution in [3.8, 4) is 0 Å². The van der Waals surface area contributed by atoms with Crippen LogP contribution in [-0.4, -0.2) is 16.8 Å². The van der Waals surface area contributed by atoms with E-state index < -0.39 is 11.7 Å². The third kappa shape index (κ3) is 5.12. The molecule has 3 aromatic rings. The number of anilines is 4. The van der Waals surface area contributed by atoms with Crippen molar-refractivity contribution >= 4 is 34.7 Å². The number of amides is 2. The van der Waals surface area contributed by atoms with E-state index in [1.165, 1.54) is 25.1 Å². The Kier molecular flexibility index (Phi) is 5.41. The molecule has 27 heavy (non-hydrogen) atoms. The lowest BCUT2D eigenvalue weighted by atomic mass is 10.2. The lowest BCUT2D eigenvalue weighted by Crippen LogP contribution is -2.13. The van der Waals surface area contributed by atoms with Crippen molar-refractivity contribution in [1.29, 1.82) is 0 Å². The minimum atomic E-state index is -0.475. The minimum absolute atomic E-state index is 0.146. The third-order valence-electron chi connectivity index (χ3n) is 3.56. The van der Waals surface area contributed by atoms with Gasteiger partial charge in [-0.1, -0.05) is 12.1 Å². The summed E-state index contributed by atoms with van der Waals surface area (Å²) in [6, 6.07) is 16.1. The molecule has 0 aliphatic carbocycles. The van der Waals surface area contributed by atoms with Gasteiger partial charge in [-0.25, -0.2) is 9.37 Å². The number of hydrogen-bond acceptors (Lipinski definition) is 4. The van der Waals surface area contributed by atoms with Crippen LogP contribution < -0.4 is 16.0 Å². The highest BCUT2D eigenvalue weighted by Crippen LogP contribution is 2.20. The summed E-state index contributed by atoms with van der Waals surface area (Å²) in [6.45, 7) is 1.45. The summed E-state index contributed by atoms with van der Waals surface area (Å²) in [7, 11) is 0. The largest absolute Gasteiger partial charge is 0.354 e. The molecule has 7 heteroatoms. The number of halogens is 1. The first kappa shape index (κ1) is 18.1. The maximum Gasteiger partial charge on any atom is 0.256 e. The van der Waals surface area contributed by atoms with Gasteiger partial charge in [0.25, 0.3) is 5.91 Å². The zero-order valence-electron chi connectivity index (χ0n) is 14.5. The zero-order chi connectivity index (χ0) is 19.2. The van der Waals surface area contributed by atoms with E-state index >= 15 is 0 Å². The molecule has 1 aromatic heterocycles. The normalized spacial score (nSPS) is 10.1. The van der Waals surface area contributed by atoms with Crippen LogP contribution in [0.4, 0.5) is 27.3 Å². The number of nitrogens with one attached hydrogen (secondary N) is 3. The lowest BCUT2D eigenvalue weighted by molar-refractivity contribution is -0.114. The number of pyridine rings is 1. The molecule has 0 radical (unpaired) electrons. The smallest absolute Gasteiger partial charge is 0.256 e. The lowest BCUT2D eigenvalue weighted by Gasteiger charge is -2.10. The average molecular weight is 364 g/mol. The highest BCUT2D eigenvalue weighted by Gasteiger charge is 2.08. The molecule has 2 amide bonds. The fraction of sp³-hybridized carbons (Fsp3) is 0.0500. The van der Waals surface area contributed by atoms with Gasteiger partial charge in [0, 0.05) is 23.9 Å². The van der Waals surface area contributed by atoms with E-state index in [9.17, 15) is 14.0 Å². The van der Waals surface area contributed by atoms with Crippen molar-refractivity contribution < 1.29 is 14.0 Å². The molecule has 1 heterocycles. The summed E-state index contributed by atoms with van der Waals surface area (Å²) in [5.41, 5.74) is 2.38. The summed E-state index contributed by atoms with van der Waals surface area (Å²) in [5, 5.41) is 8.49. The Balaban J connectivity index is 1.65. The Labute approximate surface area is 155 Å². The van der Waals surface area contributed by atoms with Gasteiger partial charge in [0.05, 0.1) is 11.9 Å². The first-order valence-electron chi connectivity index (χ1n) is 8.17. The van der Waals surface area contributed by atoms with E-state index in [-0.39, 0.29) is 11.5 Å². The van der Waals surface area contributed by atoms with Gasteiger partial charge in [-0.3, -0.25) is 9.59 Å². The van der Waals surface area contributed by atoms with Gasteiger partial charge < -0.3 is 16.0 Å². The Morgan fingerprint density at radius 1 is 0.889 bits per heavy atom. The maximum absolute atomic E-state index is 13.2. The van der Waals surface area contributed by atoms with Gasteiger partial charge in [0.2, 0.25) is 5.91 Å². The van der Waals surface area contributed by atoms with E-state index in [0.29, 0.717) is 17.2 Å². The Bertz CT molecular complexity index is 974. The molecular weight excluding hydrogens is 347 g/mol. The van der Waals surface area contributed by atoms with E-state index in [2.05, 4.69) is 20.9 Å². The Morgan fingerprint density at radius 2 is 1.67 bits per heavy atom. The topological polar surface area (TPSA) is 83.1 Å². The van der Waals surface area contributed by atoms with Gasteiger partial charge in [0.15, 0.2) is 0 Å². The Morgan fingerprint density at radius 3 is 2.37 bits per heavy atom. The van der Waals surface area contributed by atoms with E-state index in [1.54, 1.807) is 30.5 Å². The van der Waals surface area contributed by atoms with Crippen LogP contribution in [0.3, 0.4) is 0 Å². The second-order valence-corrected chi connectivity index (χ2v) is 5.78. The first-order valence-corrected chi connectivity index (χ1v) is 8.17. The molecule has 3 rings (SSSR count). The van der Waals surface area contributed by atoms with Crippen LogP contribution >= 0.6 is 0 Å². The van der Waals surface area contributed by atoms with Gasteiger partial charge in [-0.05, 0) is 48.5 Å². The summed E-state index contributed by atoms with van der Waals surface area (Å²) < 4.78 is 13.2. The first-order chi connectivity index (χ1) is 13.0. The number of carbonyl (C=O) groups excluding carboxylic acids is 2. The van der Waals surface area contributed by atoms with Crippen LogP contribution in [0.25, 0.3) is 0 Å². The predicted octanol–water partition coefficient (Wildman–Crippen LogP) is 4.18. The molecule has 0 saturated carbocycles. The van der Waals surface area contributed by atoms with Crippen molar-refractivity contribution in [3.05, 3.63) is 78.2 Å². The molecule has 0 unspecified atom stereocenters. The van der Waals surface area contributed by atoms with Gasteiger partial charge in [-0.2, -0.15) is 0 Å². The van der Waals surface area contributed by atoms with Crippen molar-refractivity contribution in [2.45, 2.75) is 6.92 Å². The predicted molar refractivity (Wildman–Crippen MR) is 103 cm³/mol. The Hall–Kier alpha value is -3.74. The van der Waals surface area contributed by atoms with E-state index in [1.807, 2.05) is 12.1 Å². The molecule has 0 saturated heterocycles. The highest BCUT2D eigenvalue weighted by molar-refractivity contribution is 6.03. The maximum atomic E-state index is 13.2. The van der Waals surface area contributed by atoms with Crippen molar-refractivity contribution in [3.63, 3.8) is 0 Å². The van der Waals surface area contributed by atoms with Gasteiger partial charge in [-0.15, -0.1) is 0 Å². The van der Waals surface area contributed by atoms with E-state index in [4.69, 9.17) is 0 Å². The van der Waals surface area contributed by atoms with Crippen molar-refractivity contribution in [2.24, 2.45) is 0 Å². The van der Waals surface area contributed by atoms with Crippen LogP contribution in [0, 0.1) is 5.82 Å². The van der Waals surface area contributed by atoms with E-state index in [0.717, 1.165) is 11.8 Å². The van der Waals surface area contributed by atoms with Crippen LogP contribution in [-0.2, 0) is 4.79 Å². The average Bonchev–Trinajstić information content (AvgIpc) is 2.63. The number of rotatable bonds is 5. The molecule has 2 aromatic carbocycles. The number of carbonyl (C=O) groups is 2. The second kappa shape index (κ2) is 8.09. The molecular formula is C20H17FN4O2. The number of aromatic nitrogens is 1. The van der Waals surface area contributed by atoms with Crippen molar-refractivity contribution in [1.82, 2.24) is 4.98 Å². The summed E-state index contributed by atoms with van der Waals surface area (Å²) in [4.78, 5) is 27.4. The zero-order valence-corrected chi connectivity index (χ0v) is 14.5. The molecule has 0 atom stereocenters. The highest BCUT2D eigenvalue weighted by atomic mass is 19.1. The summed E-state index contributed by atoms with van der Waals surface area (Å²) >= 11 is 0. The minimum Gasteiger partial charge on any atom is -0.354 e. The van der Waals surface area contributed by atoms with Gasteiger partial charge in [0.1, 0.15) is 11.6 Å². The molecule has 6 nitrogen and oxygen atoms in total. The molecule has 0 aliphatic heterocycles. The fourth-order valence-corrected chi connectivity index (χ4v) is 2.40. The number of hydrogen-bond donors (Lipinski definition) is 3. The standard InChI is InChI=1S/C20H17FN4O2/c1-13(26)23-16-6-3-7-17(11-16)24-18-8-9-19(22-12-18)25-20(27)14-4-2-5-15(21)10-14/h2-12,24H,1H3,(H,23,26)(H,22,25,27). The van der Waals surface area contributed by atoms with Crippen LogP contribution in [0.2, 0.25) is 0 Å². The van der Waals surface area contributed by atoms with Gasteiger partial charge >= 0.3 is 0 Å². The quantitative estimate of drug-likeness (QED) is 0.634. The summed E-state index contributed by atoms with van der Waals surface area (Å²) in [6.07, 6.45) is 1.56.